The van der Waals surface area contributed by atoms with Crippen molar-refractivity contribution in [1.29, 1.82) is 5.41 Å². The molecule has 12 heteroatoms. The minimum absolute atomic E-state index is 0.0150. The molecule has 1 aromatic heterocycles. The van der Waals surface area contributed by atoms with E-state index >= 15 is 4.39 Å². The Labute approximate surface area is 276 Å². The Hall–Kier alpha value is -4.84. The van der Waals surface area contributed by atoms with Gasteiger partial charge in [-0.25, -0.2) is 18.8 Å². The van der Waals surface area contributed by atoms with Gasteiger partial charge in [-0.2, -0.15) is 18.3 Å². The Bertz CT molecular complexity index is 1740. The highest BCUT2D eigenvalue weighted by atomic mass is 19.4. The number of carbonyl (C=O) groups excluding carboxylic acids is 2. The van der Waals surface area contributed by atoms with Gasteiger partial charge in [-0.1, -0.05) is 68.7 Å². The van der Waals surface area contributed by atoms with Gasteiger partial charge in [0.2, 0.25) is 5.78 Å². The number of ketones is 1. The molecule has 3 aromatic carbocycles. The van der Waals surface area contributed by atoms with Gasteiger partial charge in [0.05, 0.1) is 35.9 Å². The van der Waals surface area contributed by atoms with Crippen molar-refractivity contribution < 1.29 is 31.9 Å². The predicted octanol–water partition coefficient (Wildman–Crippen LogP) is 8.48. The SMILES string of the molecule is CCCCCCOC(=O)N(C=N)c1cccc(-n2nc(C(F)(F)F)cc2C(=O)c2cc(C(NCC3CC3)c3ccccc3)ccc2F)c1. The summed E-state index contributed by atoms with van der Waals surface area (Å²) >= 11 is 0. The van der Waals surface area contributed by atoms with E-state index in [1.54, 1.807) is 6.07 Å². The fourth-order valence-electron chi connectivity index (χ4n) is 5.36. The summed E-state index contributed by atoms with van der Waals surface area (Å²) in [6.07, 6.45) is 0.687. The molecule has 1 atom stereocenters. The van der Waals surface area contributed by atoms with Crippen molar-refractivity contribution in [3.63, 3.8) is 0 Å². The molecular weight excluding hydrogens is 626 g/mol. The van der Waals surface area contributed by atoms with Gasteiger partial charge in [0.1, 0.15) is 11.5 Å². The van der Waals surface area contributed by atoms with Crippen LogP contribution in [0.3, 0.4) is 0 Å². The van der Waals surface area contributed by atoms with Crippen LogP contribution in [0.2, 0.25) is 0 Å². The largest absolute Gasteiger partial charge is 0.449 e. The summed E-state index contributed by atoms with van der Waals surface area (Å²) in [6, 6.07) is 19.3. The maximum atomic E-state index is 15.4. The average molecular weight is 664 g/mol. The number of alkyl halides is 3. The number of benzene rings is 3. The number of carbonyl (C=O) groups is 2. The van der Waals surface area contributed by atoms with E-state index in [0.29, 0.717) is 24.0 Å². The maximum Gasteiger partial charge on any atom is 0.435 e. The van der Waals surface area contributed by atoms with Crippen molar-refractivity contribution in [1.82, 2.24) is 15.1 Å². The Balaban J connectivity index is 1.49. The van der Waals surface area contributed by atoms with Crippen LogP contribution in [0.25, 0.3) is 5.69 Å². The van der Waals surface area contributed by atoms with Crippen LogP contribution < -0.4 is 10.2 Å². The molecule has 0 saturated heterocycles. The number of ether oxygens (including phenoxy) is 1. The fraction of sp³-hybridized carbons (Fsp3) is 0.333. The van der Waals surface area contributed by atoms with E-state index in [1.165, 1.54) is 30.3 Å². The zero-order valence-electron chi connectivity index (χ0n) is 26.5. The molecule has 4 aromatic rings. The van der Waals surface area contributed by atoms with Gasteiger partial charge in [-0.05, 0) is 73.2 Å². The van der Waals surface area contributed by atoms with Gasteiger partial charge in [0, 0.05) is 6.07 Å². The molecular formula is C36H37F4N5O3. The monoisotopic (exact) mass is 663 g/mol. The van der Waals surface area contributed by atoms with Crippen LogP contribution in [-0.4, -0.2) is 41.1 Å². The van der Waals surface area contributed by atoms with Crippen LogP contribution in [0.1, 0.15) is 84.4 Å². The Morgan fingerprint density at radius 1 is 1.02 bits per heavy atom. The first-order valence-electron chi connectivity index (χ1n) is 16.0. The molecule has 5 rings (SSSR count). The third-order valence-corrected chi connectivity index (χ3v) is 8.14. The van der Waals surface area contributed by atoms with Crippen molar-refractivity contribution in [3.05, 3.63) is 113 Å². The van der Waals surface area contributed by atoms with Crippen LogP contribution in [0.4, 0.5) is 28.0 Å². The molecule has 1 saturated carbocycles. The third kappa shape index (κ3) is 8.35. The summed E-state index contributed by atoms with van der Waals surface area (Å²) in [4.78, 5) is 27.6. The summed E-state index contributed by atoms with van der Waals surface area (Å²) in [6.45, 7) is 2.91. The number of nitrogens with one attached hydrogen (secondary N) is 2. The molecule has 1 aliphatic carbocycles. The normalized spacial score (nSPS) is 13.6. The number of anilines is 1. The molecule has 0 spiro atoms. The van der Waals surface area contributed by atoms with Crippen LogP contribution in [0.15, 0.2) is 78.9 Å². The number of hydrogen-bond donors (Lipinski definition) is 2. The van der Waals surface area contributed by atoms with Crippen molar-refractivity contribution in [2.24, 2.45) is 5.92 Å². The number of aromatic nitrogens is 2. The summed E-state index contributed by atoms with van der Waals surface area (Å²) in [5.41, 5.74) is -0.748. The molecule has 252 valence electrons. The molecule has 0 radical (unpaired) electrons. The highest BCUT2D eigenvalue weighted by molar-refractivity contribution is 6.09. The number of unbranched alkanes of at least 4 members (excludes halogenated alkanes) is 3. The van der Waals surface area contributed by atoms with Crippen LogP contribution in [0, 0.1) is 17.1 Å². The molecule has 2 N–H and O–H groups in total. The highest BCUT2D eigenvalue weighted by Crippen LogP contribution is 2.33. The Morgan fingerprint density at radius 2 is 1.79 bits per heavy atom. The lowest BCUT2D eigenvalue weighted by Gasteiger charge is -2.21. The predicted molar refractivity (Wildman–Crippen MR) is 174 cm³/mol. The summed E-state index contributed by atoms with van der Waals surface area (Å²) in [5, 5.41) is 15.0. The second-order valence-corrected chi connectivity index (χ2v) is 11.8. The topological polar surface area (TPSA) is 100 Å². The van der Waals surface area contributed by atoms with E-state index in [1.807, 2.05) is 30.3 Å². The van der Waals surface area contributed by atoms with Crippen LogP contribution in [-0.2, 0) is 10.9 Å². The highest BCUT2D eigenvalue weighted by Gasteiger charge is 2.37. The van der Waals surface area contributed by atoms with Gasteiger partial charge in [0.15, 0.2) is 5.69 Å². The summed E-state index contributed by atoms with van der Waals surface area (Å²) < 4.78 is 63.3. The Kier molecular flexibility index (Phi) is 11.0. The average Bonchev–Trinajstić information content (AvgIpc) is 3.79. The Morgan fingerprint density at radius 3 is 2.48 bits per heavy atom. The van der Waals surface area contributed by atoms with Gasteiger partial charge < -0.3 is 10.1 Å². The lowest BCUT2D eigenvalue weighted by Crippen LogP contribution is -2.30. The van der Waals surface area contributed by atoms with E-state index < -0.39 is 40.8 Å². The molecule has 1 amide bonds. The standard InChI is InChI=1S/C36H37F4N5O3/c1-2-3-4-8-18-48-35(47)44(23-41)27-12-9-13-28(20-27)45-31(21-32(43-45)36(38,39)40)34(46)29-19-26(16-17-30(29)37)33(42-22-24-14-15-24)25-10-6-5-7-11-25/h5-7,9-13,16-17,19-21,23-24,33,41-42H,2-4,8,14-15,18,22H2,1H3. The maximum absolute atomic E-state index is 15.4. The van der Waals surface area contributed by atoms with Gasteiger partial charge in [-0.3, -0.25) is 10.2 Å². The first kappa shape index (κ1) is 34.5. The zero-order valence-corrected chi connectivity index (χ0v) is 26.5. The molecule has 48 heavy (non-hydrogen) atoms. The van der Waals surface area contributed by atoms with Crippen molar-refractivity contribution in [2.45, 2.75) is 57.7 Å². The number of rotatable bonds is 15. The van der Waals surface area contributed by atoms with E-state index in [2.05, 4.69) is 17.3 Å². The van der Waals surface area contributed by atoms with Crippen LogP contribution in [0.5, 0.6) is 0 Å². The van der Waals surface area contributed by atoms with Gasteiger partial charge in [-0.15, -0.1) is 0 Å². The lowest BCUT2D eigenvalue weighted by atomic mass is 9.95. The number of halogens is 4. The number of nitrogens with zero attached hydrogens (tertiary/aromatic N) is 3. The van der Waals surface area contributed by atoms with Crippen molar-refractivity contribution >= 4 is 23.9 Å². The van der Waals surface area contributed by atoms with E-state index in [-0.39, 0.29) is 24.0 Å². The first-order chi connectivity index (χ1) is 23.1. The summed E-state index contributed by atoms with van der Waals surface area (Å²) in [5.74, 6) is -1.38. The second kappa shape index (κ2) is 15.4. The first-order valence-corrected chi connectivity index (χ1v) is 16.0. The molecule has 1 heterocycles. The second-order valence-electron chi connectivity index (χ2n) is 11.8. The van der Waals surface area contributed by atoms with Crippen LogP contribution >= 0.6 is 0 Å². The fourth-order valence-corrected chi connectivity index (χ4v) is 5.36. The smallest absolute Gasteiger partial charge is 0.435 e. The summed E-state index contributed by atoms with van der Waals surface area (Å²) in [7, 11) is 0. The minimum Gasteiger partial charge on any atom is -0.449 e. The third-order valence-electron chi connectivity index (χ3n) is 8.14. The molecule has 1 fully saturated rings. The van der Waals surface area contributed by atoms with E-state index in [4.69, 9.17) is 10.1 Å². The lowest BCUT2D eigenvalue weighted by molar-refractivity contribution is -0.141. The number of amides is 1. The van der Waals surface area contributed by atoms with Crippen molar-refractivity contribution in [3.8, 4) is 5.69 Å². The molecule has 1 aliphatic rings. The zero-order chi connectivity index (χ0) is 34.3. The molecule has 1 unspecified atom stereocenters. The minimum atomic E-state index is -4.91. The van der Waals surface area contributed by atoms with E-state index in [0.717, 1.165) is 66.2 Å². The molecule has 0 aliphatic heterocycles. The van der Waals surface area contributed by atoms with Crippen molar-refractivity contribution in [2.75, 3.05) is 18.1 Å². The quantitative estimate of drug-likeness (QED) is 0.0437. The van der Waals surface area contributed by atoms with Gasteiger partial charge >= 0.3 is 12.3 Å². The number of hydrogen-bond acceptors (Lipinski definition) is 6. The van der Waals surface area contributed by atoms with Gasteiger partial charge in [0.25, 0.3) is 0 Å². The molecule has 0 bridgehead atoms. The molecule has 8 nitrogen and oxygen atoms in total. The van der Waals surface area contributed by atoms with E-state index in [9.17, 15) is 22.8 Å².